The largest absolute Gasteiger partial charge is 0.330 e. The quantitative estimate of drug-likeness (QED) is 0.875. The summed E-state index contributed by atoms with van der Waals surface area (Å²) in [5.74, 6) is 1.69. The maximum atomic E-state index is 12.0. The van der Waals surface area contributed by atoms with Crippen molar-refractivity contribution in [3.8, 4) is 0 Å². The van der Waals surface area contributed by atoms with E-state index in [1.807, 2.05) is 6.07 Å². The highest BCUT2D eigenvalue weighted by molar-refractivity contribution is 9.10. The zero-order valence-corrected chi connectivity index (χ0v) is 13.3. The van der Waals surface area contributed by atoms with Gasteiger partial charge in [-0.05, 0) is 59.4 Å². The first-order valence-corrected chi connectivity index (χ1v) is 7.71. The van der Waals surface area contributed by atoms with Gasteiger partial charge in [-0.1, -0.05) is 6.92 Å². The van der Waals surface area contributed by atoms with Crippen LogP contribution in [-0.2, 0) is 4.79 Å². The molecule has 5 nitrogen and oxygen atoms in total. The van der Waals surface area contributed by atoms with Crippen LogP contribution in [0.4, 0.5) is 5.82 Å². The van der Waals surface area contributed by atoms with Gasteiger partial charge in [-0.25, -0.2) is 4.98 Å². The van der Waals surface area contributed by atoms with Crippen molar-refractivity contribution in [3.05, 3.63) is 22.8 Å². The van der Waals surface area contributed by atoms with Gasteiger partial charge in [0.1, 0.15) is 5.82 Å². The molecule has 0 radical (unpaired) electrons. The maximum absolute atomic E-state index is 12.0. The number of piperidine rings is 1. The number of pyridine rings is 1. The van der Waals surface area contributed by atoms with Crippen molar-refractivity contribution in [2.24, 2.45) is 17.6 Å². The summed E-state index contributed by atoms with van der Waals surface area (Å²) in [6.07, 6.45) is 2.77. The number of aromatic nitrogens is 1. The Morgan fingerprint density at radius 2 is 2.40 bits per heavy atom. The lowest BCUT2D eigenvalue weighted by atomic mass is 9.87. The highest BCUT2D eigenvalue weighted by Gasteiger charge is 2.26. The Morgan fingerprint density at radius 1 is 1.60 bits per heavy atom. The minimum atomic E-state index is -0.0230. The van der Waals surface area contributed by atoms with E-state index in [4.69, 9.17) is 5.73 Å². The van der Waals surface area contributed by atoms with E-state index in [0.29, 0.717) is 30.7 Å². The Bertz CT molecular complexity index is 451. The Morgan fingerprint density at radius 3 is 3.05 bits per heavy atom. The number of hydrogen-bond acceptors (Lipinski definition) is 4. The number of amides is 1. The van der Waals surface area contributed by atoms with Crippen molar-refractivity contribution in [2.75, 3.05) is 31.5 Å². The highest BCUT2D eigenvalue weighted by Crippen LogP contribution is 2.22. The number of carbonyl (C=O) groups is 1. The average molecular weight is 341 g/mol. The van der Waals surface area contributed by atoms with Crippen molar-refractivity contribution in [3.63, 3.8) is 0 Å². The van der Waals surface area contributed by atoms with E-state index in [-0.39, 0.29) is 5.91 Å². The molecule has 0 spiro atoms. The van der Waals surface area contributed by atoms with Gasteiger partial charge < -0.3 is 11.1 Å². The number of hydrogen-bond donors (Lipinski definition) is 2. The number of nitrogens with two attached hydrogens (primary N) is 1. The topological polar surface area (TPSA) is 71.2 Å². The molecule has 2 rings (SSSR count). The van der Waals surface area contributed by atoms with Crippen LogP contribution < -0.4 is 11.1 Å². The van der Waals surface area contributed by atoms with Crippen molar-refractivity contribution >= 4 is 27.7 Å². The number of anilines is 1. The van der Waals surface area contributed by atoms with Gasteiger partial charge in [-0.3, -0.25) is 9.69 Å². The van der Waals surface area contributed by atoms with E-state index in [2.05, 4.69) is 38.1 Å². The predicted octanol–water partition coefficient (Wildman–Crippen LogP) is 1.70. The molecular formula is C14H21BrN4O. The molecule has 2 atom stereocenters. The Balaban J connectivity index is 1.84. The lowest BCUT2D eigenvalue weighted by molar-refractivity contribution is -0.117. The van der Waals surface area contributed by atoms with Crippen LogP contribution in [0.5, 0.6) is 0 Å². The van der Waals surface area contributed by atoms with Gasteiger partial charge in [-0.2, -0.15) is 0 Å². The van der Waals surface area contributed by atoms with Gasteiger partial charge in [0.25, 0.3) is 0 Å². The van der Waals surface area contributed by atoms with E-state index in [1.54, 1.807) is 12.3 Å². The van der Waals surface area contributed by atoms with Gasteiger partial charge in [0.15, 0.2) is 0 Å². The van der Waals surface area contributed by atoms with Gasteiger partial charge in [0.2, 0.25) is 5.91 Å². The molecule has 1 aliphatic rings. The summed E-state index contributed by atoms with van der Waals surface area (Å²) in [4.78, 5) is 18.3. The first-order chi connectivity index (χ1) is 9.58. The molecule has 3 N–H and O–H groups in total. The molecule has 1 saturated heterocycles. The molecule has 2 unspecified atom stereocenters. The third kappa shape index (κ3) is 4.26. The summed E-state index contributed by atoms with van der Waals surface area (Å²) in [6.45, 7) is 5.19. The third-order valence-corrected chi connectivity index (χ3v) is 4.33. The van der Waals surface area contributed by atoms with Gasteiger partial charge >= 0.3 is 0 Å². The van der Waals surface area contributed by atoms with Crippen LogP contribution in [0, 0.1) is 11.8 Å². The normalized spacial score (nSPS) is 23.6. The summed E-state index contributed by atoms with van der Waals surface area (Å²) in [5, 5.41) is 2.82. The summed E-state index contributed by atoms with van der Waals surface area (Å²) in [6, 6.07) is 3.64. The Hall–Kier alpha value is -0.980. The molecule has 1 aromatic rings. The first-order valence-electron chi connectivity index (χ1n) is 6.92. The maximum Gasteiger partial charge on any atom is 0.239 e. The van der Waals surface area contributed by atoms with Crippen LogP contribution >= 0.6 is 15.9 Å². The van der Waals surface area contributed by atoms with Crippen molar-refractivity contribution in [2.45, 2.75) is 13.3 Å². The van der Waals surface area contributed by atoms with Crippen LogP contribution in [0.15, 0.2) is 22.8 Å². The van der Waals surface area contributed by atoms with Crippen molar-refractivity contribution in [1.29, 1.82) is 0 Å². The number of rotatable bonds is 4. The molecule has 1 aromatic heterocycles. The van der Waals surface area contributed by atoms with Crippen LogP contribution in [0.3, 0.4) is 0 Å². The summed E-state index contributed by atoms with van der Waals surface area (Å²) in [5.41, 5.74) is 5.78. The third-order valence-electron chi connectivity index (χ3n) is 3.86. The fourth-order valence-corrected chi connectivity index (χ4v) is 2.75. The van der Waals surface area contributed by atoms with E-state index in [1.165, 1.54) is 0 Å². The molecule has 1 fully saturated rings. The van der Waals surface area contributed by atoms with Crippen LogP contribution in [0.2, 0.25) is 0 Å². The molecule has 110 valence electrons. The molecule has 0 aromatic carbocycles. The zero-order valence-electron chi connectivity index (χ0n) is 11.7. The predicted molar refractivity (Wildman–Crippen MR) is 83.3 cm³/mol. The molecule has 0 aliphatic carbocycles. The molecule has 6 heteroatoms. The minimum absolute atomic E-state index is 0.0230. The minimum Gasteiger partial charge on any atom is -0.330 e. The molecule has 0 bridgehead atoms. The summed E-state index contributed by atoms with van der Waals surface area (Å²) >= 11 is 3.32. The van der Waals surface area contributed by atoms with Crippen molar-refractivity contribution < 1.29 is 4.79 Å². The van der Waals surface area contributed by atoms with E-state index >= 15 is 0 Å². The monoisotopic (exact) mass is 340 g/mol. The smallest absolute Gasteiger partial charge is 0.239 e. The number of halogens is 1. The standard InChI is InChI=1S/C14H21BrN4O/c1-10-4-5-19(8-11(10)6-16)9-14(20)18-13-3-2-12(15)7-17-13/h2-3,7,10-11H,4-6,8-9,16H2,1H3,(H,17,18,20). The van der Waals surface area contributed by atoms with Gasteiger partial charge in [0.05, 0.1) is 6.54 Å². The SMILES string of the molecule is CC1CCN(CC(=O)Nc2ccc(Br)cn2)CC1CN. The van der Waals surface area contributed by atoms with Crippen molar-refractivity contribution in [1.82, 2.24) is 9.88 Å². The lowest BCUT2D eigenvalue weighted by Gasteiger charge is -2.36. The Kier molecular flexibility index (Phi) is 5.51. The second-order valence-corrected chi connectivity index (χ2v) is 6.32. The molecule has 1 aliphatic heterocycles. The fourth-order valence-electron chi connectivity index (χ4n) is 2.51. The number of nitrogens with zero attached hydrogens (tertiary/aromatic N) is 2. The first kappa shape index (κ1) is 15.4. The fraction of sp³-hybridized carbons (Fsp3) is 0.571. The molecule has 1 amide bonds. The van der Waals surface area contributed by atoms with Crippen LogP contribution in [0.25, 0.3) is 0 Å². The molecular weight excluding hydrogens is 320 g/mol. The second-order valence-electron chi connectivity index (χ2n) is 5.41. The van der Waals surface area contributed by atoms with Gasteiger partial charge in [-0.15, -0.1) is 0 Å². The zero-order chi connectivity index (χ0) is 14.5. The van der Waals surface area contributed by atoms with E-state index in [0.717, 1.165) is 24.0 Å². The number of likely N-dealkylation sites (tertiary alicyclic amines) is 1. The Labute approximate surface area is 128 Å². The van der Waals surface area contributed by atoms with Crippen LogP contribution in [-0.4, -0.2) is 42.0 Å². The molecule has 0 saturated carbocycles. The van der Waals surface area contributed by atoms with E-state index in [9.17, 15) is 4.79 Å². The van der Waals surface area contributed by atoms with Crippen LogP contribution in [0.1, 0.15) is 13.3 Å². The number of nitrogens with one attached hydrogen (secondary N) is 1. The number of carbonyl (C=O) groups excluding carboxylic acids is 1. The molecule has 20 heavy (non-hydrogen) atoms. The van der Waals surface area contributed by atoms with E-state index < -0.39 is 0 Å². The summed E-state index contributed by atoms with van der Waals surface area (Å²) < 4.78 is 0.895. The van der Waals surface area contributed by atoms with Gasteiger partial charge in [0, 0.05) is 17.2 Å². The summed E-state index contributed by atoms with van der Waals surface area (Å²) in [7, 11) is 0. The highest BCUT2D eigenvalue weighted by atomic mass is 79.9. The average Bonchev–Trinajstić information content (AvgIpc) is 2.43. The lowest BCUT2D eigenvalue weighted by Crippen LogP contribution is -2.45. The molecule has 2 heterocycles. The second kappa shape index (κ2) is 7.15.